The van der Waals surface area contributed by atoms with Crippen LogP contribution in [0.4, 0.5) is 4.79 Å². The number of rotatable bonds is 5. The second-order valence-electron chi connectivity index (χ2n) is 4.32. The SMILES string of the molecule is CC(CCC(=O)O)CNC(=O)N1CCOCC1. The van der Waals surface area contributed by atoms with Gasteiger partial charge in [0, 0.05) is 26.1 Å². The zero-order valence-corrected chi connectivity index (χ0v) is 10.1. The molecule has 6 nitrogen and oxygen atoms in total. The summed E-state index contributed by atoms with van der Waals surface area (Å²) in [6, 6.07) is -0.0875. The molecular weight excluding hydrogens is 224 g/mol. The lowest BCUT2D eigenvalue weighted by Gasteiger charge is -2.27. The lowest BCUT2D eigenvalue weighted by atomic mass is 10.1. The molecule has 0 spiro atoms. The molecule has 98 valence electrons. The van der Waals surface area contributed by atoms with Gasteiger partial charge in [0.2, 0.25) is 0 Å². The number of carboxylic acid groups (broad SMARTS) is 1. The van der Waals surface area contributed by atoms with Gasteiger partial charge in [-0.05, 0) is 12.3 Å². The number of ether oxygens (including phenoxy) is 1. The van der Waals surface area contributed by atoms with Crippen molar-refractivity contribution in [1.82, 2.24) is 10.2 Å². The second-order valence-corrected chi connectivity index (χ2v) is 4.32. The van der Waals surface area contributed by atoms with Crippen molar-refractivity contribution in [1.29, 1.82) is 0 Å². The lowest BCUT2D eigenvalue weighted by molar-refractivity contribution is -0.137. The van der Waals surface area contributed by atoms with E-state index in [0.717, 1.165) is 0 Å². The maximum absolute atomic E-state index is 11.7. The normalized spacial score (nSPS) is 17.6. The third-order valence-electron chi connectivity index (χ3n) is 2.75. The third kappa shape index (κ3) is 5.53. The summed E-state index contributed by atoms with van der Waals surface area (Å²) in [6.45, 7) is 4.86. The summed E-state index contributed by atoms with van der Waals surface area (Å²) in [6.07, 6.45) is 0.729. The molecule has 0 bridgehead atoms. The van der Waals surface area contributed by atoms with Gasteiger partial charge in [0.25, 0.3) is 0 Å². The number of carboxylic acids is 1. The van der Waals surface area contributed by atoms with Gasteiger partial charge in [-0.15, -0.1) is 0 Å². The van der Waals surface area contributed by atoms with Crippen LogP contribution in [-0.4, -0.2) is 54.9 Å². The van der Waals surface area contributed by atoms with Crippen LogP contribution < -0.4 is 5.32 Å². The molecule has 2 amide bonds. The summed E-state index contributed by atoms with van der Waals surface area (Å²) in [5, 5.41) is 11.3. The first kappa shape index (κ1) is 13.8. The van der Waals surface area contributed by atoms with Crippen LogP contribution in [0.5, 0.6) is 0 Å². The number of aliphatic carboxylic acids is 1. The van der Waals surface area contributed by atoms with Crippen LogP contribution in [-0.2, 0) is 9.53 Å². The van der Waals surface area contributed by atoms with Crippen LogP contribution in [0.1, 0.15) is 19.8 Å². The molecule has 0 aliphatic carbocycles. The van der Waals surface area contributed by atoms with E-state index in [1.165, 1.54) is 0 Å². The summed E-state index contributed by atoms with van der Waals surface area (Å²) >= 11 is 0. The highest BCUT2D eigenvalue weighted by atomic mass is 16.5. The topological polar surface area (TPSA) is 78.9 Å². The molecule has 1 aliphatic heterocycles. The van der Waals surface area contributed by atoms with Gasteiger partial charge in [0.15, 0.2) is 0 Å². The highest BCUT2D eigenvalue weighted by molar-refractivity contribution is 5.74. The van der Waals surface area contributed by atoms with Crippen molar-refractivity contribution in [3.05, 3.63) is 0 Å². The number of amides is 2. The van der Waals surface area contributed by atoms with Crippen LogP contribution >= 0.6 is 0 Å². The van der Waals surface area contributed by atoms with E-state index in [-0.39, 0.29) is 18.4 Å². The van der Waals surface area contributed by atoms with E-state index in [0.29, 0.717) is 39.3 Å². The smallest absolute Gasteiger partial charge is 0.317 e. The Morgan fingerprint density at radius 3 is 2.65 bits per heavy atom. The quantitative estimate of drug-likeness (QED) is 0.739. The van der Waals surface area contributed by atoms with E-state index >= 15 is 0 Å². The number of hydrogen-bond donors (Lipinski definition) is 2. The van der Waals surface area contributed by atoms with Gasteiger partial charge in [0.1, 0.15) is 0 Å². The molecular formula is C11H20N2O4. The van der Waals surface area contributed by atoms with Crippen molar-refractivity contribution in [3.8, 4) is 0 Å². The predicted octanol–water partition coefficient (Wildman–Crippen LogP) is 0.529. The van der Waals surface area contributed by atoms with Gasteiger partial charge in [0.05, 0.1) is 13.2 Å². The Bertz CT molecular complexity index is 264. The van der Waals surface area contributed by atoms with Gasteiger partial charge in [-0.3, -0.25) is 4.79 Å². The maximum atomic E-state index is 11.7. The Balaban J connectivity index is 2.15. The van der Waals surface area contributed by atoms with E-state index in [1.807, 2.05) is 6.92 Å². The van der Waals surface area contributed by atoms with E-state index in [1.54, 1.807) is 4.90 Å². The van der Waals surface area contributed by atoms with E-state index in [2.05, 4.69) is 5.32 Å². The van der Waals surface area contributed by atoms with E-state index < -0.39 is 5.97 Å². The Morgan fingerprint density at radius 2 is 2.06 bits per heavy atom. The first-order valence-corrected chi connectivity index (χ1v) is 5.92. The molecule has 0 saturated carbocycles. The molecule has 1 atom stereocenters. The van der Waals surface area contributed by atoms with Crippen molar-refractivity contribution in [3.63, 3.8) is 0 Å². The van der Waals surface area contributed by atoms with Crippen molar-refractivity contribution in [2.75, 3.05) is 32.8 Å². The van der Waals surface area contributed by atoms with Gasteiger partial charge < -0.3 is 20.1 Å². The van der Waals surface area contributed by atoms with Crippen LogP contribution in [0.2, 0.25) is 0 Å². The molecule has 1 unspecified atom stereocenters. The first-order chi connectivity index (χ1) is 8.09. The predicted molar refractivity (Wildman–Crippen MR) is 61.8 cm³/mol. The molecule has 0 aromatic carbocycles. The summed E-state index contributed by atoms with van der Waals surface area (Å²) in [4.78, 5) is 23.8. The molecule has 2 N–H and O–H groups in total. The fourth-order valence-corrected chi connectivity index (χ4v) is 1.61. The Hall–Kier alpha value is -1.30. The van der Waals surface area contributed by atoms with Crippen LogP contribution in [0.15, 0.2) is 0 Å². The Morgan fingerprint density at radius 1 is 1.41 bits per heavy atom. The monoisotopic (exact) mass is 244 g/mol. The molecule has 17 heavy (non-hydrogen) atoms. The molecule has 0 aromatic heterocycles. The average Bonchev–Trinajstić information content (AvgIpc) is 2.34. The molecule has 0 radical (unpaired) electrons. The third-order valence-corrected chi connectivity index (χ3v) is 2.75. The minimum atomic E-state index is -0.795. The molecule has 1 heterocycles. The largest absolute Gasteiger partial charge is 0.481 e. The second kappa shape index (κ2) is 7.11. The maximum Gasteiger partial charge on any atom is 0.317 e. The molecule has 1 rings (SSSR count). The van der Waals surface area contributed by atoms with Crippen molar-refractivity contribution in [2.45, 2.75) is 19.8 Å². The zero-order valence-electron chi connectivity index (χ0n) is 10.1. The van der Waals surface area contributed by atoms with Crippen molar-refractivity contribution < 1.29 is 19.4 Å². The Kier molecular flexibility index (Phi) is 5.76. The molecule has 0 aromatic rings. The van der Waals surface area contributed by atoms with Gasteiger partial charge in [-0.25, -0.2) is 4.79 Å². The highest BCUT2D eigenvalue weighted by Gasteiger charge is 2.16. The van der Waals surface area contributed by atoms with Crippen LogP contribution in [0.3, 0.4) is 0 Å². The average molecular weight is 244 g/mol. The summed E-state index contributed by atoms with van der Waals surface area (Å²) in [5.74, 6) is -0.618. The number of urea groups is 1. The van der Waals surface area contributed by atoms with E-state index in [9.17, 15) is 9.59 Å². The summed E-state index contributed by atoms with van der Waals surface area (Å²) < 4.78 is 5.15. The van der Waals surface area contributed by atoms with Gasteiger partial charge >= 0.3 is 12.0 Å². The minimum absolute atomic E-state index is 0.0875. The molecule has 1 saturated heterocycles. The standard InChI is InChI=1S/C11H20N2O4/c1-9(2-3-10(14)15)8-12-11(16)13-4-6-17-7-5-13/h9H,2-8H2,1H3,(H,12,16)(H,14,15). The van der Waals surface area contributed by atoms with Crippen LogP contribution in [0.25, 0.3) is 0 Å². The highest BCUT2D eigenvalue weighted by Crippen LogP contribution is 2.04. The van der Waals surface area contributed by atoms with Gasteiger partial charge in [-0.2, -0.15) is 0 Å². The number of nitrogens with zero attached hydrogens (tertiary/aromatic N) is 1. The molecule has 1 fully saturated rings. The molecule has 1 aliphatic rings. The number of carbonyl (C=O) groups excluding carboxylic acids is 1. The van der Waals surface area contributed by atoms with Gasteiger partial charge in [-0.1, -0.05) is 6.92 Å². The lowest BCUT2D eigenvalue weighted by Crippen LogP contribution is -2.47. The zero-order chi connectivity index (χ0) is 12.7. The summed E-state index contributed by atoms with van der Waals surface area (Å²) in [5.41, 5.74) is 0. The fourth-order valence-electron chi connectivity index (χ4n) is 1.61. The summed E-state index contributed by atoms with van der Waals surface area (Å²) in [7, 11) is 0. The van der Waals surface area contributed by atoms with E-state index in [4.69, 9.17) is 9.84 Å². The van der Waals surface area contributed by atoms with Crippen molar-refractivity contribution in [2.24, 2.45) is 5.92 Å². The molecule has 6 heteroatoms. The Labute approximate surface area is 101 Å². The number of morpholine rings is 1. The van der Waals surface area contributed by atoms with Crippen LogP contribution in [0, 0.1) is 5.92 Å². The number of carbonyl (C=O) groups is 2. The number of hydrogen-bond acceptors (Lipinski definition) is 3. The fraction of sp³-hybridized carbons (Fsp3) is 0.818. The van der Waals surface area contributed by atoms with Crippen molar-refractivity contribution >= 4 is 12.0 Å². The first-order valence-electron chi connectivity index (χ1n) is 5.92. The number of nitrogens with one attached hydrogen (secondary N) is 1. The minimum Gasteiger partial charge on any atom is -0.481 e.